The van der Waals surface area contributed by atoms with Gasteiger partial charge in [0.05, 0.1) is 6.54 Å². The molecule has 0 aliphatic carbocycles. The van der Waals surface area contributed by atoms with E-state index in [9.17, 15) is 4.79 Å². The highest BCUT2D eigenvalue weighted by Gasteiger charge is 2.22. The molecule has 1 aliphatic rings. The van der Waals surface area contributed by atoms with Crippen LogP contribution in [0.4, 0.5) is 0 Å². The molecule has 2 N–H and O–H groups in total. The molecule has 0 bridgehead atoms. The van der Waals surface area contributed by atoms with Crippen molar-refractivity contribution in [2.45, 2.75) is 45.3 Å². The first-order chi connectivity index (χ1) is 8.20. The molecule has 2 rings (SSSR count). The van der Waals surface area contributed by atoms with E-state index in [0.717, 1.165) is 31.8 Å². The molecular weight excluding hydrogens is 216 g/mol. The summed E-state index contributed by atoms with van der Waals surface area (Å²) in [4.78, 5) is 18.1. The Kier molecular flexibility index (Phi) is 3.78. The minimum atomic E-state index is -0.00540. The zero-order valence-corrected chi connectivity index (χ0v) is 10.3. The van der Waals surface area contributed by atoms with Gasteiger partial charge in [-0.15, -0.1) is 0 Å². The third kappa shape index (κ3) is 2.85. The Morgan fingerprint density at radius 3 is 3.18 bits per heavy atom. The summed E-state index contributed by atoms with van der Waals surface area (Å²) in [7, 11) is 0. The Morgan fingerprint density at radius 2 is 2.41 bits per heavy atom. The van der Waals surface area contributed by atoms with E-state index >= 15 is 0 Å². The van der Waals surface area contributed by atoms with Gasteiger partial charge >= 0.3 is 0 Å². The molecule has 0 radical (unpaired) electrons. The SMILES string of the molecule is CCCC(N)CC(=O)N1CCn2ccnc2C1. The third-order valence-electron chi connectivity index (χ3n) is 3.19. The quantitative estimate of drug-likeness (QED) is 0.838. The van der Waals surface area contributed by atoms with Gasteiger partial charge in [0.25, 0.3) is 0 Å². The summed E-state index contributed by atoms with van der Waals surface area (Å²) in [6, 6.07) is -0.00540. The smallest absolute Gasteiger partial charge is 0.224 e. The molecule has 0 saturated carbocycles. The summed E-state index contributed by atoms with van der Waals surface area (Å²) >= 11 is 0. The molecule has 5 nitrogen and oxygen atoms in total. The van der Waals surface area contributed by atoms with Gasteiger partial charge in [-0.25, -0.2) is 4.98 Å². The Hall–Kier alpha value is -1.36. The minimum absolute atomic E-state index is 0.00540. The standard InChI is InChI=1S/C12H20N4O/c1-2-3-10(13)8-12(17)16-7-6-15-5-4-14-11(15)9-16/h4-5,10H,2-3,6-9,13H2,1H3. The fourth-order valence-electron chi connectivity index (χ4n) is 2.21. The first kappa shape index (κ1) is 12.1. The van der Waals surface area contributed by atoms with E-state index in [2.05, 4.69) is 16.5 Å². The molecule has 0 fully saturated rings. The number of hydrogen-bond donors (Lipinski definition) is 1. The average molecular weight is 236 g/mol. The molecule has 17 heavy (non-hydrogen) atoms. The molecular formula is C12H20N4O. The number of hydrogen-bond acceptors (Lipinski definition) is 3. The van der Waals surface area contributed by atoms with Gasteiger partial charge in [-0.05, 0) is 6.42 Å². The largest absolute Gasteiger partial charge is 0.333 e. The maximum Gasteiger partial charge on any atom is 0.224 e. The van der Waals surface area contributed by atoms with Crippen LogP contribution in [-0.4, -0.2) is 32.9 Å². The molecule has 2 heterocycles. The normalized spacial score (nSPS) is 16.7. The zero-order chi connectivity index (χ0) is 12.3. The zero-order valence-electron chi connectivity index (χ0n) is 10.3. The van der Waals surface area contributed by atoms with Crippen LogP contribution < -0.4 is 5.73 Å². The van der Waals surface area contributed by atoms with Gasteiger partial charge in [-0.3, -0.25) is 4.79 Å². The molecule has 5 heteroatoms. The van der Waals surface area contributed by atoms with Crippen LogP contribution in [0.2, 0.25) is 0 Å². The van der Waals surface area contributed by atoms with Crippen molar-refractivity contribution in [1.82, 2.24) is 14.5 Å². The second kappa shape index (κ2) is 5.31. The van der Waals surface area contributed by atoms with Crippen LogP contribution in [0.1, 0.15) is 32.0 Å². The lowest BCUT2D eigenvalue weighted by Crippen LogP contribution is -2.40. The van der Waals surface area contributed by atoms with Crippen LogP contribution in [0, 0.1) is 0 Å². The van der Waals surface area contributed by atoms with Crippen molar-refractivity contribution in [1.29, 1.82) is 0 Å². The van der Waals surface area contributed by atoms with E-state index < -0.39 is 0 Å². The number of carbonyl (C=O) groups excluding carboxylic acids is 1. The lowest BCUT2D eigenvalue weighted by atomic mass is 10.1. The highest BCUT2D eigenvalue weighted by molar-refractivity contribution is 5.76. The van der Waals surface area contributed by atoms with E-state index in [4.69, 9.17) is 5.73 Å². The van der Waals surface area contributed by atoms with Crippen molar-refractivity contribution in [3.05, 3.63) is 18.2 Å². The number of rotatable bonds is 4. The van der Waals surface area contributed by atoms with E-state index in [1.165, 1.54) is 0 Å². The maximum absolute atomic E-state index is 12.0. The highest BCUT2D eigenvalue weighted by Crippen LogP contribution is 2.12. The second-order valence-electron chi connectivity index (χ2n) is 4.61. The van der Waals surface area contributed by atoms with Gasteiger partial charge < -0.3 is 15.2 Å². The number of aromatic nitrogens is 2. The Morgan fingerprint density at radius 1 is 1.59 bits per heavy atom. The summed E-state index contributed by atoms with van der Waals surface area (Å²) in [5.74, 6) is 1.12. The number of nitrogens with zero attached hydrogens (tertiary/aromatic N) is 3. The summed E-state index contributed by atoms with van der Waals surface area (Å²) in [6.45, 7) is 4.30. The van der Waals surface area contributed by atoms with Crippen LogP contribution in [0.15, 0.2) is 12.4 Å². The van der Waals surface area contributed by atoms with E-state index in [1.54, 1.807) is 6.20 Å². The first-order valence-electron chi connectivity index (χ1n) is 6.24. The van der Waals surface area contributed by atoms with Gasteiger partial charge in [0.1, 0.15) is 5.82 Å². The third-order valence-corrected chi connectivity index (χ3v) is 3.19. The number of fused-ring (bicyclic) bond motifs is 1. The molecule has 0 aromatic carbocycles. The lowest BCUT2D eigenvalue weighted by Gasteiger charge is -2.28. The predicted octanol–water partition coefficient (Wildman–Crippen LogP) is 0.743. The van der Waals surface area contributed by atoms with Crippen LogP contribution in [0.3, 0.4) is 0 Å². The fourth-order valence-corrected chi connectivity index (χ4v) is 2.21. The van der Waals surface area contributed by atoms with E-state index in [1.807, 2.05) is 11.1 Å². The molecule has 94 valence electrons. The van der Waals surface area contributed by atoms with Crippen LogP contribution in [-0.2, 0) is 17.9 Å². The molecule has 0 spiro atoms. The van der Waals surface area contributed by atoms with Crippen molar-refractivity contribution in [3.8, 4) is 0 Å². The van der Waals surface area contributed by atoms with E-state index in [0.29, 0.717) is 13.0 Å². The topological polar surface area (TPSA) is 64.2 Å². The highest BCUT2D eigenvalue weighted by atomic mass is 16.2. The Bertz CT molecular complexity index is 388. The number of amides is 1. The number of imidazole rings is 1. The first-order valence-corrected chi connectivity index (χ1v) is 6.24. The van der Waals surface area contributed by atoms with Gasteiger partial charge in [0.2, 0.25) is 5.91 Å². The average Bonchev–Trinajstić information content (AvgIpc) is 2.75. The summed E-state index contributed by atoms with van der Waals surface area (Å²) in [5.41, 5.74) is 5.90. The van der Waals surface area contributed by atoms with Crippen molar-refractivity contribution in [2.24, 2.45) is 5.73 Å². The fraction of sp³-hybridized carbons (Fsp3) is 0.667. The number of nitrogens with two attached hydrogens (primary N) is 1. The summed E-state index contributed by atoms with van der Waals surface area (Å²) < 4.78 is 2.09. The predicted molar refractivity (Wildman–Crippen MR) is 65.1 cm³/mol. The Labute approximate surface area is 102 Å². The van der Waals surface area contributed by atoms with Crippen molar-refractivity contribution >= 4 is 5.91 Å². The van der Waals surface area contributed by atoms with Gasteiger partial charge in [0.15, 0.2) is 0 Å². The van der Waals surface area contributed by atoms with Gasteiger partial charge in [-0.1, -0.05) is 13.3 Å². The van der Waals surface area contributed by atoms with Crippen LogP contribution in [0.5, 0.6) is 0 Å². The molecule has 1 aromatic heterocycles. The van der Waals surface area contributed by atoms with Crippen molar-refractivity contribution < 1.29 is 4.79 Å². The monoisotopic (exact) mass is 236 g/mol. The second-order valence-corrected chi connectivity index (χ2v) is 4.61. The molecule has 1 aliphatic heterocycles. The lowest BCUT2D eigenvalue weighted by molar-refractivity contribution is -0.133. The summed E-state index contributed by atoms with van der Waals surface area (Å²) in [6.07, 6.45) is 6.13. The molecule has 0 saturated heterocycles. The van der Waals surface area contributed by atoms with E-state index in [-0.39, 0.29) is 11.9 Å². The van der Waals surface area contributed by atoms with Crippen LogP contribution >= 0.6 is 0 Å². The summed E-state index contributed by atoms with van der Waals surface area (Å²) in [5, 5.41) is 0. The molecule has 1 atom stereocenters. The molecule has 1 unspecified atom stereocenters. The van der Waals surface area contributed by atoms with Crippen molar-refractivity contribution in [2.75, 3.05) is 6.54 Å². The molecule has 1 aromatic rings. The van der Waals surface area contributed by atoms with Gasteiger partial charge in [0, 0.05) is 37.9 Å². The van der Waals surface area contributed by atoms with Crippen LogP contribution in [0.25, 0.3) is 0 Å². The van der Waals surface area contributed by atoms with Gasteiger partial charge in [-0.2, -0.15) is 0 Å². The Balaban J connectivity index is 1.90. The number of carbonyl (C=O) groups is 1. The minimum Gasteiger partial charge on any atom is -0.333 e. The molecule has 1 amide bonds. The van der Waals surface area contributed by atoms with Crippen molar-refractivity contribution in [3.63, 3.8) is 0 Å². The maximum atomic E-state index is 12.0.